The maximum atomic E-state index is 13.4. The van der Waals surface area contributed by atoms with Crippen LogP contribution >= 0.6 is 22.7 Å². The lowest BCUT2D eigenvalue weighted by atomic mass is 9.85. The summed E-state index contributed by atoms with van der Waals surface area (Å²) in [6, 6.07) is 6.41. The smallest absolute Gasteiger partial charge is 0.341 e. The number of rotatable bonds is 8. The summed E-state index contributed by atoms with van der Waals surface area (Å²) in [7, 11) is 2.69. The Labute approximate surface area is 253 Å². The number of carbonyl (C=O) groups excluding carboxylic acids is 4. The van der Waals surface area contributed by atoms with E-state index >= 15 is 0 Å². The van der Waals surface area contributed by atoms with E-state index in [1.807, 2.05) is 0 Å². The van der Waals surface area contributed by atoms with Gasteiger partial charge in [0.25, 0.3) is 11.8 Å². The molecule has 0 fully saturated rings. The van der Waals surface area contributed by atoms with Gasteiger partial charge in [-0.25, -0.2) is 9.59 Å². The normalized spacial score (nSPS) is 17.5. The van der Waals surface area contributed by atoms with Gasteiger partial charge in [0.1, 0.15) is 10.0 Å². The van der Waals surface area contributed by atoms with Crippen LogP contribution in [0.5, 0.6) is 0 Å². The quantitative estimate of drug-likeness (QED) is 0.269. The van der Waals surface area contributed by atoms with E-state index in [9.17, 15) is 19.2 Å². The van der Waals surface area contributed by atoms with Gasteiger partial charge in [-0.15, -0.1) is 22.7 Å². The fraction of sp³-hybridized carbons (Fsp3) is 0.438. The van der Waals surface area contributed by atoms with E-state index in [4.69, 9.17) is 9.47 Å². The molecule has 2 aliphatic rings. The van der Waals surface area contributed by atoms with E-state index in [1.54, 1.807) is 18.2 Å². The molecule has 222 valence electrons. The zero-order valence-corrected chi connectivity index (χ0v) is 26.0. The first-order valence-corrected chi connectivity index (χ1v) is 16.1. The fourth-order valence-electron chi connectivity index (χ4n) is 5.97. The van der Waals surface area contributed by atoms with Crippen molar-refractivity contribution in [1.29, 1.82) is 0 Å². The van der Waals surface area contributed by atoms with Gasteiger partial charge in [-0.05, 0) is 79.7 Å². The molecule has 2 atom stereocenters. The number of nitrogens with one attached hydrogen (secondary N) is 2. The SMILES string of the molecule is CCC1CCc2c(sc(NC(=O)c3cccc(C(=O)Nc4sc5c(c4C(=O)OC)CCC(CC)C5)c3)c2C(=O)OC)C1. The third kappa shape index (κ3) is 5.87. The maximum absolute atomic E-state index is 13.4. The first kappa shape index (κ1) is 30.0. The summed E-state index contributed by atoms with van der Waals surface area (Å²) in [6.45, 7) is 4.34. The van der Waals surface area contributed by atoms with Gasteiger partial charge in [0.2, 0.25) is 0 Å². The summed E-state index contributed by atoms with van der Waals surface area (Å²) in [4.78, 5) is 54.4. The molecule has 0 saturated heterocycles. The second kappa shape index (κ2) is 12.8. The van der Waals surface area contributed by atoms with Gasteiger partial charge in [0, 0.05) is 20.9 Å². The Balaban J connectivity index is 1.37. The zero-order chi connectivity index (χ0) is 30.0. The summed E-state index contributed by atoms with van der Waals surface area (Å²) < 4.78 is 10.1. The fourth-order valence-corrected chi connectivity index (χ4v) is 8.66. The zero-order valence-electron chi connectivity index (χ0n) is 24.4. The molecule has 2 aromatic heterocycles. The Morgan fingerprint density at radius 1 is 0.762 bits per heavy atom. The van der Waals surface area contributed by atoms with E-state index in [2.05, 4.69) is 24.5 Å². The number of fused-ring (bicyclic) bond motifs is 2. The van der Waals surface area contributed by atoms with Crippen LogP contribution in [0.4, 0.5) is 10.0 Å². The second-order valence-corrected chi connectivity index (χ2v) is 13.1. The number of esters is 2. The number of thiophene rings is 2. The molecular formula is C32H36N2O6S2. The number of anilines is 2. The highest BCUT2D eigenvalue weighted by molar-refractivity contribution is 7.17. The largest absolute Gasteiger partial charge is 0.465 e. The van der Waals surface area contributed by atoms with Crippen LogP contribution in [0.1, 0.15) is 102 Å². The van der Waals surface area contributed by atoms with Crippen molar-refractivity contribution < 1.29 is 28.7 Å². The molecule has 8 nitrogen and oxygen atoms in total. The van der Waals surface area contributed by atoms with Crippen molar-refractivity contribution in [3.8, 4) is 0 Å². The molecule has 42 heavy (non-hydrogen) atoms. The number of ether oxygens (including phenoxy) is 2. The van der Waals surface area contributed by atoms with Crippen LogP contribution in [0.25, 0.3) is 0 Å². The van der Waals surface area contributed by atoms with Crippen LogP contribution < -0.4 is 10.6 Å². The first-order valence-electron chi connectivity index (χ1n) is 14.5. The van der Waals surface area contributed by atoms with Gasteiger partial charge in [-0.1, -0.05) is 32.8 Å². The van der Waals surface area contributed by atoms with Crippen LogP contribution in [-0.2, 0) is 35.2 Å². The van der Waals surface area contributed by atoms with Gasteiger partial charge >= 0.3 is 11.9 Å². The molecular weight excluding hydrogens is 572 g/mol. The molecule has 0 spiro atoms. The van der Waals surface area contributed by atoms with Crippen LogP contribution in [0.3, 0.4) is 0 Å². The van der Waals surface area contributed by atoms with E-state index in [-0.39, 0.29) is 11.1 Å². The molecule has 5 rings (SSSR count). The molecule has 3 aromatic rings. The van der Waals surface area contributed by atoms with E-state index in [0.717, 1.165) is 72.2 Å². The number of carbonyl (C=O) groups is 4. The predicted molar refractivity (Wildman–Crippen MR) is 165 cm³/mol. The average molecular weight is 609 g/mol. The summed E-state index contributed by atoms with van der Waals surface area (Å²) in [5.74, 6) is -0.655. The Morgan fingerprint density at radius 2 is 1.19 bits per heavy atom. The molecule has 0 aliphatic heterocycles. The Morgan fingerprint density at radius 3 is 1.57 bits per heavy atom. The van der Waals surface area contributed by atoms with Gasteiger partial charge in [-0.2, -0.15) is 0 Å². The minimum atomic E-state index is -0.462. The Hall–Kier alpha value is -3.50. The molecule has 1 aromatic carbocycles. The van der Waals surface area contributed by atoms with Crippen molar-refractivity contribution in [3.05, 3.63) is 67.4 Å². The Bertz CT molecular complexity index is 1430. The lowest BCUT2D eigenvalue weighted by Crippen LogP contribution is -2.18. The van der Waals surface area contributed by atoms with Crippen molar-refractivity contribution >= 4 is 56.4 Å². The highest BCUT2D eigenvalue weighted by Crippen LogP contribution is 2.42. The molecule has 10 heteroatoms. The average Bonchev–Trinajstić information content (AvgIpc) is 3.56. The predicted octanol–water partition coefficient (Wildman–Crippen LogP) is 6.92. The number of methoxy groups -OCH3 is 2. The number of amides is 2. The van der Waals surface area contributed by atoms with Crippen molar-refractivity contribution in [2.24, 2.45) is 11.8 Å². The van der Waals surface area contributed by atoms with Crippen molar-refractivity contribution in [2.75, 3.05) is 24.9 Å². The molecule has 2 amide bonds. The van der Waals surface area contributed by atoms with E-state index in [0.29, 0.717) is 33.0 Å². The standard InChI is InChI=1S/C32H36N2O6S2/c1-5-17-10-12-21-23(14-17)41-29(25(21)31(37)39-3)33-27(35)19-8-7-9-20(16-19)28(36)34-30-26(32(38)40-4)22-13-11-18(6-2)15-24(22)42-30/h7-9,16-18H,5-6,10-15H2,1-4H3,(H,33,35)(H,34,36). The van der Waals surface area contributed by atoms with Crippen LogP contribution in [0.2, 0.25) is 0 Å². The van der Waals surface area contributed by atoms with Crippen molar-refractivity contribution in [2.45, 2.75) is 65.2 Å². The van der Waals surface area contributed by atoms with Crippen LogP contribution in [0.15, 0.2) is 24.3 Å². The summed E-state index contributed by atoms with van der Waals surface area (Å²) >= 11 is 2.85. The van der Waals surface area contributed by atoms with E-state index in [1.165, 1.54) is 43.0 Å². The minimum Gasteiger partial charge on any atom is -0.465 e. The van der Waals surface area contributed by atoms with Gasteiger partial charge in [0.05, 0.1) is 25.3 Å². The first-order chi connectivity index (χ1) is 20.3. The summed E-state index contributed by atoms with van der Waals surface area (Å²) in [5.41, 5.74) is 3.34. The van der Waals surface area contributed by atoms with Crippen LogP contribution in [-0.4, -0.2) is 38.0 Å². The molecule has 2 unspecified atom stereocenters. The van der Waals surface area contributed by atoms with E-state index < -0.39 is 23.8 Å². The van der Waals surface area contributed by atoms with Crippen molar-refractivity contribution in [3.63, 3.8) is 0 Å². The molecule has 2 aliphatic carbocycles. The lowest BCUT2D eigenvalue weighted by Gasteiger charge is -2.20. The third-order valence-electron chi connectivity index (χ3n) is 8.51. The molecule has 0 radical (unpaired) electrons. The molecule has 0 bridgehead atoms. The molecule has 2 heterocycles. The maximum Gasteiger partial charge on any atom is 0.341 e. The molecule has 0 saturated carbocycles. The van der Waals surface area contributed by atoms with Crippen LogP contribution in [0, 0.1) is 11.8 Å². The van der Waals surface area contributed by atoms with Crippen molar-refractivity contribution in [1.82, 2.24) is 0 Å². The number of hydrogen-bond donors (Lipinski definition) is 2. The van der Waals surface area contributed by atoms with Gasteiger partial charge in [-0.3, -0.25) is 9.59 Å². The third-order valence-corrected chi connectivity index (χ3v) is 10.8. The molecule has 2 N–H and O–H groups in total. The summed E-state index contributed by atoms with van der Waals surface area (Å²) in [6.07, 6.45) is 7.44. The highest BCUT2D eigenvalue weighted by atomic mass is 32.1. The second-order valence-electron chi connectivity index (χ2n) is 10.9. The monoisotopic (exact) mass is 608 g/mol. The van der Waals surface area contributed by atoms with Gasteiger partial charge in [0.15, 0.2) is 0 Å². The topological polar surface area (TPSA) is 111 Å². The Kier molecular flexibility index (Phi) is 9.13. The number of hydrogen-bond acceptors (Lipinski definition) is 8. The lowest BCUT2D eigenvalue weighted by molar-refractivity contribution is 0.0591. The number of benzene rings is 1. The summed E-state index contributed by atoms with van der Waals surface area (Å²) in [5, 5.41) is 6.77. The van der Waals surface area contributed by atoms with Gasteiger partial charge < -0.3 is 20.1 Å². The highest BCUT2D eigenvalue weighted by Gasteiger charge is 2.31. The minimum absolute atomic E-state index is 0.278.